The third-order valence-electron chi connectivity index (χ3n) is 4.71. The molecule has 3 aromatic rings. The number of nitrogens with zero attached hydrogens (tertiary/aromatic N) is 2. The largest absolute Gasteiger partial charge is 0.467 e. The summed E-state index contributed by atoms with van der Waals surface area (Å²) in [5, 5.41) is 3.67. The lowest BCUT2D eigenvalue weighted by atomic mass is 10.1. The molecule has 1 aliphatic heterocycles. The molecule has 6 nitrogen and oxygen atoms in total. The molecule has 0 spiro atoms. The minimum absolute atomic E-state index is 0.126. The highest BCUT2D eigenvalue weighted by Gasteiger charge is 2.35. The van der Waals surface area contributed by atoms with Gasteiger partial charge in [0.15, 0.2) is 0 Å². The van der Waals surface area contributed by atoms with E-state index in [-0.39, 0.29) is 11.8 Å². The molecule has 1 aliphatic rings. The van der Waals surface area contributed by atoms with E-state index in [2.05, 4.69) is 10.3 Å². The van der Waals surface area contributed by atoms with Crippen molar-refractivity contribution in [1.29, 1.82) is 0 Å². The Morgan fingerprint density at radius 2 is 2.12 bits per heavy atom. The van der Waals surface area contributed by atoms with E-state index >= 15 is 0 Å². The monoisotopic (exact) mass is 349 g/mol. The molecule has 1 saturated heterocycles. The van der Waals surface area contributed by atoms with Crippen LogP contribution in [0.3, 0.4) is 0 Å². The fourth-order valence-electron chi connectivity index (χ4n) is 3.43. The van der Waals surface area contributed by atoms with Gasteiger partial charge >= 0.3 is 0 Å². The number of pyridine rings is 1. The number of carbonyl (C=O) groups excluding carboxylic acids is 2. The van der Waals surface area contributed by atoms with Crippen molar-refractivity contribution in [3.63, 3.8) is 0 Å². The van der Waals surface area contributed by atoms with Crippen LogP contribution >= 0.6 is 0 Å². The summed E-state index contributed by atoms with van der Waals surface area (Å²) < 4.78 is 5.24. The molecule has 1 fully saturated rings. The van der Waals surface area contributed by atoms with Crippen LogP contribution in [0.4, 0.5) is 0 Å². The Labute approximate surface area is 150 Å². The molecule has 1 atom stereocenters. The summed E-state index contributed by atoms with van der Waals surface area (Å²) in [5.74, 6) is 0.416. The van der Waals surface area contributed by atoms with Crippen LogP contribution < -0.4 is 5.32 Å². The van der Waals surface area contributed by atoms with Crippen LogP contribution in [0.25, 0.3) is 10.9 Å². The molecule has 0 aliphatic carbocycles. The molecule has 0 unspecified atom stereocenters. The van der Waals surface area contributed by atoms with Gasteiger partial charge in [0.2, 0.25) is 5.91 Å². The molecule has 1 N–H and O–H groups in total. The van der Waals surface area contributed by atoms with Gasteiger partial charge in [-0.05, 0) is 43.2 Å². The predicted molar refractivity (Wildman–Crippen MR) is 96.4 cm³/mol. The first-order valence-corrected chi connectivity index (χ1v) is 8.69. The van der Waals surface area contributed by atoms with E-state index in [0.717, 1.165) is 17.3 Å². The highest BCUT2D eigenvalue weighted by Crippen LogP contribution is 2.24. The maximum atomic E-state index is 13.1. The van der Waals surface area contributed by atoms with Crippen LogP contribution in [0.1, 0.15) is 29.0 Å². The molecular weight excluding hydrogens is 330 g/mol. The van der Waals surface area contributed by atoms with Crippen LogP contribution in [0.2, 0.25) is 0 Å². The number of benzene rings is 1. The zero-order valence-corrected chi connectivity index (χ0v) is 14.2. The Morgan fingerprint density at radius 1 is 1.19 bits per heavy atom. The van der Waals surface area contributed by atoms with Crippen molar-refractivity contribution in [2.45, 2.75) is 25.4 Å². The Kier molecular flexibility index (Phi) is 4.39. The summed E-state index contributed by atoms with van der Waals surface area (Å²) in [5.41, 5.74) is 1.36. The van der Waals surface area contributed by atoms with E-state index in [1.165, 1.54) is 0 Å². The zero-order valence-electron chi connectivity index (χ0n) is 14.2. The van der Waals surface area contributed by atoms with Crippen LogP contribution in [0.5, 0.6) is 0 Å². The highest BCUT2D eigenvalue weighted by atomic mass is 16.3. The quantitative estimate of drug-likeness (QED) is 0.786. The van der Waals surface area contributed by atoms with Gasteiger partial charge < -0.3 is 14.6 Å². The number of amides is 2. The molecule has 0 saturated carbocycles. The van der Waals surface area contributed by atoms with Gasteiger partial charge in [-0.3, -0.25) is 14.6 Å². The normalized spacial score (nSPS) is 16.8. The smallest absolute Gasteiger partial charge is 0.255 e. The number of hydrogen-bond acceptors (Lipinski definition) is 4. The minimum Gasteiger partial charge on any atom is -0.467 e. The fourth-order valence-corrected chi connectivity index (χ4v) is 3.43. The average molecular weight is 349 g/mol. The Morgan fingerprint density at radius 3 is 2.96 bits per heavy atom. The molecular formula is C20H19N3O3. The summed E-state index contributed by atoms with van der Waals surface area (Å²) in [6.45, 7) is 0.900. The number of aromatic nitrogens is 1. The molecule has 132 valence electrons. The van der Waals surface area contributed by atoms with E-state index in [1.807, 2.05) is 24.3 Å². The first kappa shape index (κ1) is 16.3. The van der Waals surface area contributed by atoms with Crippen molar-refractivity contribution in [3.05, 3.63) is 66.2 Å². The Bertz CT molecular complexity index is 931. The topological polar surface area (TPSA) is 75.4 Å². The molecule has 26 heavy (non-hydrogen) atoms. The van der Waals surface area contributed by atoms with Gasteiger partial charge in [-0.2, -0.15) is 0 Å². The Balaban J connectivity index is 1.53. The van der Waals surface area contributed by atoms with Gasteiger partial charge in [-0.15, -0.1) is 0 Å². The fraction of sp³-hybridized carbons (Fsp3) is 0.250. The number of rotatable bonds is 4. The van der Waals surface area contributed by atoms with Crippen LogP contribution in [0.15, 0.2) is 59.3 Å². The highest BCUT2D eigenvalue weighted by molar-refractivity contribution is 6.07. The summed E-state index contributed by atoms with van der Waals surface area (Å²) in [6, 6.07) is 12.3. The van der Waals surface area contributed by atoms with E-state index < -0.39 is 6.04 Å². The predicted octanol–water partition coefficient (Wildman–Crippen LogP) is 2.75. The summed E-state index contributed by atoms with van der Waals surface area (Å²) in [4.78, 5) is 31.7. The minimum atomic E-state index is -0.454. The lowest BCUT2D eigenvalue weighted by Gasteiger charge is -2.24. The number of likely N-dealkylation sites (tertiary alicyclic amines) is 1. The molecule has 2 amide bonds. The van der Waals surface area contributed by atoms with Gasteiger partial charge in [0, 0.05) is 23.7 Å². The number of furan rings is 1. The number of hydrogen-bond donors (Lipinski definition) is 1. The van der Waals surface area contributed by atoms with Crippen molar-refractivity contribution in [2.24, 2.45) is 0 Å². The molecule has 4 rings (SSSR count). The second-order valence-corrected chi connectivity index (χ2v) is 6.33. The van der Waals surface area contributed by atoms with E-state index in [0.29, 0.717) is 30.8 Å². The van der Waals surface area contributed by atoms with E-state index in [4.69, 9.17) is 4.42 Å². The molecule has 0 radical (unpaired) electrons. The number of carbonyl (C=O) groups is 2. The first-order valence-electron chi connectivity index (χ1n) is 8.69. The van der Waals surface area contributed by atoms with Gasteiger partial charge in [0.25, 0.3) is 5.91 Å². The van der Waals surface area contributed by atoms with Gasteiger partial charge in [-0.25, -0.2) is 0 Å². The standard InChI is InChI=1S/C20H19N3O3/c24-19(22-13-14-5-4-12-26-14)18-9-3-11-23(18)20(25)16-6-1-8-17-15(16)7-2-10-21-17/h1-2,4-8,10,12,18H,3,9,11,13H2,(H,22,24)/t18-/m1/s1. The van der Waals surface area contributed by atoms with Crippen LogP contribution in [-0.2, 0) is 11.3 Å². The van der Waals surface area contributed by atoms with Crippen LogP contribution in [0, 0.1) is 0 Å². The van der Waals surface area contributed by atoms with Crippen molar-refractivity contribution in [3.8, 4) is 0 Å². The SMILES string of the molecule is O=C(NCc1ccco1)[C@H]1CCCN1C(=O)c1cccc2ncccc12. The third kappa shape index (κ3) is 3.06. The van der Waals surface area contributed by atoms with Gasteiger partial charge in [0.05, 0.1) is 18.3 Å². The second kappa shape index (κ2) is 7.00. The van der Waals surface area contributed by atoms with Gasteiger partial charge in [0.1, 0.15) is 11.8 Å². The number of nitrogens with one attached hydrogen (secondary N) is 1. The summed E-state index contributed by atoms with van der Waals surface area (Å²) in [7, 11) is 0. The molecule has 3 heterocycles. The van der Waals surface area contributed by atoms with Crippen molar-refractivity contribution in [1.82, 2.24) is 15.2 Å². The van der Waals surface area contributed by atoms with Crippen molar-refractivity contribution in [2.75, 3.05) is 6.54 Å². The molecule has 6 heteroatoms. The van der Waals surface area contributed by atoms with Gasteiger partial charge in [-0.1, -0.05) is 12.1 Å². The molecule has 2 aromatic heterocycles. The number of fused-ring (bicyclic) bond motifs is 1. The zero-order chi connectivity index (χ0) is 17.9. The lowest BCUT2D eigenvalue weighted by molar-refractivity contribution is -0.125. The molecule has 1 aromatic carbocycles. The summed E-state index contributed by atoms with van der Waals surface area (Å²) >= 11 is 0. The lowest BCUT2D eigenvalue weighted by Crippen LogP contribution is -2.45. The maximum absolute atomic E-state index is 13.1. The molecule has 0 bridgehead atoms. The van der Waals surface area contributed by atoms with Crippen molar-refractivity contribution < 1.29 is 14.0 Å². The van der Waals surface area contributed by atoms with E-state index in [9.17, 15) is 9.59 Å². The third-order valence-corrected chi connectivity index (χ3v) is 4.71. The first-order chi connectivity index (χ1) is 12.7. The second-order valence-electron chi connectivity index (χ2n) is 6.33. The van der Waals surface area contributed by atoms with E-state index in [1.54, 1.807) is 35.6 Å². The summed E-state index contributed by atoms with van der Waals surface area (Å²) in [6.07, 6.45) is 4.76. The maximum Gasteiger partial charge on any atom is 0.255 e. The average Bonchev–Trinajstić information content (AvgIpc) is 3.37. The van der Waals surface area contributed by atoms with Crippen molar-refractivity contribution >= 4 is 22.7 Å². The Hall–Kier alpha value is -3.15. The van der Waals surface area contributed by atoms with Crippen LogP contribution in [-0.4, -0.2) is 34.3 Å².